The summed E-state index contributed by atoms with van der Waals surface area (Å²) < 4.78 is 13.1. The zero-order chi connectivity index (χ0) is 13.0. The van der Waals surface area contributed by atoms with Gasteiger partial charge in [-0.25, -0.2) is 9.37 Å². The summed E-state index contributed by atoms with van der Waals surface area (Å²) in [6.07, 6.45) is 7.70. The van der Waals surface area contributed by atoms with Gasteiger partial charge in [0.05, 0.1) is 12.8 Å². The van der Waals surface area contributed by atoms with Gasteiger partial charge in [-0.2, -0.15) is 0 Å². The molecule has 1 N–H and O–H groups in total. The van der Waals surface area contributed by atoms with Gasteiger partial charge in [-0.05, 0) is 24.8 Å². The van der Waals surface area contributed by atoms with Gasteiger partial charge < -0.3 is 10.0 Å². The molecule has 0 atom stereocenters. The maximum Gasteiger partial charge on any atom is 0.142 e. The summed E-state index contributed by atoms with van der Waals surface area (Å²) in [4.78, 5) is 6.15. The normalized spacial score (nSPS) is 16.8. The van der Waals surface area contributed by atoms with Crippen molar-refractivity contribution >= 4 is 5.82 Å². The molecule has 0 saturated heterocycles. The quantitative estimate of drug-likeness (QED) is 0.895. The second-order valence-corrected chi connectivity index (χ2v) is 5.18. The Balaban J connectivity index is 2.05. The summed E-state index contributed by atoms with van der Waals surface area (Å²) in [6.45, 7) is 0.765. The molecule has 1 fully saturated rings. The summed E-state index contributed by atoms with van der Waals surface area (Å²) in [5, 5.41) is 9.26. The molecule has 2 rings (SSSR count). The standard InChI is InChI=1S/C14H21FN2O/c1-17(9-11-5-3-2-4-6-11)14-12(10-18)7-13(15)8-16-14/h7-8,11,18H,2-6,9-10H2,1H3. The first-order valence-electron chi connectivity index (χ1n) is 6.67. The van der Waals surface area contributed by atoms with Crippen LogP contribution in [0.2, 0.25) is 0 Å². The Morgan fingerprint density at radius 2 is 2.11 bits per heavy atom. The average molecular weight is 252 g/mol. The highest BCUT2D eigenvalue weighted by atomic mass is 19.1. The Morgan fingerprint density at radius 3 is 2.78 bits per heavy atom. The second-order valence-electron chi connectivity index (χ2n) is 5.18. The van der Waals surface area contributed by atoms with Crippen LogP contribution < -0.4 is 4.90 Å². The number of hydrogen-bond acceptors (Lipinski definition) is 3. The lowest BCUT2D eigenvalue weighted by Crippen LogP contribution is -2.28. The molecule has 0 spiro atoms. The van der Waals surface area contributed by atoms with Crippen LogP contribution >= 0.6 is 0 Å². The zero-order valence-corrected chi connectivity index (χ0v) is 10.9. The van der Waals surface area contributed by atoms with E-state index in [1.165, 1.54) is 44.4 Å². The van der Waals surface area contributed by atoms with E-state index in [2.05, 4.69) is 4.98 Å². The Kier molecular flexibility index (Phi) is 4.53. The summed E-state index contributed by atoms with van der Waals surface area (Å²) in [6, 6.07) is 1.36. The number of halogens is 1. The summed E-state index contributed by atoms with van der Waals surface area (Å²) in [5.74, 6) is 1.00. The van der Waals surface area contributed by atoms with Crippen LogP contribution in [0.25, 0.3) is 0 Å². The number of pyridine rings is 1. The first kappa shape index (κ1) is 13.3. The largest absolute Gasteiger partial charge is 0.392 e. The van der Waals surface area contributed by atoms with Crippen LogP contribution in [0, 0.1) is 11.7 Å². The topological polar surface area (TPSA) is 36.4 Å². The van der Waals surface area contributed by atoms with Crippen molar-refractivity contribution in [1.82, 2.24) is 4.98 Å². The third kappa shape index (κ3) is 3.19. The maximum atomic E-state index is 13.1. The molecule has 1 heterocycles. The first-order valence-corrected chi connectivity index (χ1v) is 6.67. The van der Waals surface area contributed by atoms with Crippen molar-refractivity contribution < 1.29 is 9.50 Å². The lowest BCUT2D eigenvalue weighted by molar-refractivity contribution is 0.280. The van der Waals surface area contributed by atoms with Gasteiger partial charge in [-0.3, -0.25) is 0 Å². The minimum absolute atomic E-state index is 0.172. The van der Waals surface area contributed by atoms with E-state index in [4.69, 9.17) is 0 Å². The molecular formula is C14H21FN2O. The zero-order valence-electron chi connectivity index (χ0n) is 10.9. The molecule has 1 aromatic heterocycles. The maximum absolute atomic E-state index is 13.1. The Morgan fingerprint density at radius 1 is 1.39 bits per heavy atom. The highest BCUT2D eigenvalue weighted by Crippen LogP contribution is 2.26. The van der Waals surface area contributed by atoms with Crippen LogP contribution in [-0.2, 0) is 6.61 Å². The van der Waals surface area contributed by atoms with Gasteiger partial charge in [0.2, 0.25) is 0 Å². The van der Waals surface area contributed by atoms with Crippen molar-refractivity contribution in [3.63, 3.8) is 0 Å². The molecular weight excluding hydrogens is 231 g/mol. The fraction of sp³-hybridized carbons (Fsp3) is 0.643. The summed E-state index contributed by atoms with van der Waals surface area (Å²) >= 11 is 0. The monoisotopic (exact) mass is 252 g/mol. The van der Waals surface area contributed by atoms with E-state index < -0.39 is 5.82 Å². The van der Waals surface area contributed by atoms with E-state index in [9.17, 15) is 9.50 Å². The molecule has 18 heavy (non-hydrogen) atoms. The molecule has 0 aromatic carbocycles. The van der Waals surface area contributed by atoms with Gasteiger partial charge >= 0.3 is 0 Å². The highest BCUT2D eigenvalue weighted by molar-refractivity contribution is 5.45. The van der Waals surface area contributed by atoms with Crippen LogP contribution in [0.3, 0.4) is 0 Å². The number of aliphatic hydroxyl groups is 1. The fourth-order valence-electron chi connectivity index (χ4n) is 2.78. The lowest BCUT2D eigenvalue weighted by atomic mass is 9.89. The van der Waals surface area contributed by atoms with E-state index >= 15 is 0 Å². The number of rotatable bonds is 4. The van der Waals surface area contributed by atoms with Gasteiger partial charge in [-0.1, -0.05) is 19.3 Å². The molecule has 0 amide bonds. The van der Waals surface area contributed by atoms with Crippen molar-refractivity contribution in [1.29, 1.82) is 0 Å². The van der Waals surface area contributed by atoms with Crippen molar-refractivity contribution in [2.24, 2.45) is 5.92 Å². The molecule has 0 aliphatic heterocycles. The molecule has 1 aromatic rings. The van der Waals surface area contributed by atoms with Crippen molar-refractivity contribution in [2.75, 3.05) is 18.5 Å². The third-order valence-electron chi connectivity index (χ3n) is 3.70. The number of aliphatic hydroxyl groups excluding tert-OH is 1. The first-order chi connectivity index (χ1) is 8.70. The molecule has 0 bridgehead atoms. The van der Waals surface area contributed by atoms with Crippen molar-refractivity contribution in [3.8, 4) is 0 Å². The lowest BCUT2D eigenvalue weighted by Gasteiger charge is -2.28. The van der Waals surface area contributed by atoms with E-state index in [1.54, 1.807) is 0 Å². The van der Waals surface area contributed by atoms with Gasteiger partial charge in [-0.15, -0.1) is 0 Å². The van der Waals surface area contributed by atoms with E-state index in [0.29, 0.717) is 17.3 Å². The van der Waals surface area contributed by atoms with Gasteiger partial charge in [0.15, 0.2) is 0 Å². The number of aromatic nitrogens is 1. The van der Waals surface area contributed by atoms with Crippen LogP contribution in [0.4, 0.5) is 10.2 Å². The third-order valence-corrected chi connectivity index (χ3v) is 3.70. The smallest absolute Gasteiger partial charge is 0.142 e. The molecule has 3 nitrogen and oxygen atoms in total. The summed E-state index contributed by atoms with van der Waals surface area (Å²) in [7, 11) is 1.97. The summed E-state index contributed by atoms with van der Waals surface area (Å²) in [5.41, 5.74) is 0.563. The van der Waals surface area contributed by atoms with Gasteiger partial charge in [0.1, 0.15) is 11.6 Å². The minimum Gasteiger partial charge on any atom is -0.392 e. The Hall–Kier alpha value is -1.16. The predicted octanol–water partition coefficient (Wildman–Crippen LogP) is 2.73. The van der Waals surface area contributed by atoms with Gasteiger partial charge in [0.25, 0.3) is 0 Å². The van der Waals surface area contributed by atoms with Crippen LogP contribution in [0.15, 0.2) is 12.3 Å². The molecule has 0 unspecified atom stereocenters. The molecule has 0 radical (unpaired) electrons. The van der Waals surface area contributed by atoms with Crippen LogP contribution in [-0.4, -0.2) is 23.7 Å². The second kappa shape index (κ2) is 6.14. The van der Waals surface area contributed by atoms with Crippen LogP contribution in [0.1, 0.15) is 37.7 Å². The molecule has 1 aliphatic rings. The SMILES string of the molecule is CN(CC1CCCCC1)c1ncc(F)cc1CO. The molecule has 100 valence electrons. The number of anilines is 1. The van der Waals surface area contributed by atoms with E-state index in [-0.39, 0.29) is 6.61 Å². The van der Waals surface area contributed by atoms with Crippen LogP contribution in [0.5, 0.6) is 0 Å². The Bertz CT molecular complexity index is 391. The molecule has 4 heteroatoms. The Labute approximate surface area is 108 Å². The van der Waals surface area contributed by atoms with Crippen molar-refractivity contribution in [3.05, 3.63) is 23.6 Å². The average Bonchev–Trinajstić information content (AvgIpc) is 2.39. The molecule has 1 saturated carbocycles. The van der Waals surface area contributed by atoms with Gasteiger partial charge in [0, 0.05) is 19.2 Å². The molecule has 1 aliphatic carbocycles. The number of nitrogens with zero attached hydrogens (tertiary/aromatic N) is 2. The highest BCUT2D eigenvalue weighted by Gasteiger charge is 2.17. The van der Waals surface area contributed by atoms with E-state index in [0.717, 1.165) is 6.54 Å². The number of hydrogen-bond donors (Lipinski definition) is 1. The predicted molar refractivity (Wildman–Crippen MR) is 70.0 cm³/mol. The van der Waals surface area contributed by atoms with Crippen molar-refractivity contribution in [2.45, 2.75) is 38.7 Å². The van der Waals surface area contributed by atoms with E-state index in [1.807, 2.05) is 11.9 Å². The minimum atomic E-state index is -0.395. The fourth-order valence-corrected chi connectivity index (χ4v) is 2.78.